The number of hydrogen-bond donors (Lipinski definition) is 1. The van der Waals surface area contributed by atoms with E-state index in [1.165, 1.54) is 0 Å². The molecule has 0 radical (unpaired) electrons. The van der Waals surface area contributed by atoms with Crippen LogP contribution in [0.4, 0.5) is 5.69 Å². The Labute approximate surface area is 108 Å². The first-order chi connectivity index (χ1) is 8.69. The molecule has 0 spiro atoms. The summed E-state index contributed by atoms with van der Waals surface area (Å²) in [5.74, 6) is 1.01. The molecule has 18 heavy (non-hydrogen) atoms. The van der Waals surface area contributed by atoms with Gasteiger partial charge in [-0.15, -0.1) is 0 Å². The summed E-state index contributed by atoms with van der Waals surface area (Å²) in [6, 6.07) is 8.33. The fourth-order valence-corrected chi connectivity index (χ4v) is 3.45. The molecule has 3 rings (SSSR count). The van der Waals surface area contributed by atoms with Crippen molar-refractivity contribution in [1.82, 2.24) is 0 Å². The normalized spacial score (nSPS) is 30.3. The summed E-state index contributed by atoms with van der Waals surface area (Å²) >= 11 is 0. The van der Waals surface area contributed by atoms with Crippen molar-refractivity contribution in [1.29, 1.82) is 5.26 Å². The van der Waals surface area contributed by atoms with Crippen LogP contribution in [0.2, 0.25) is 0 Å². The molecule has 0 bridgehead atoms. The largest absolute Gasteiger partial charge is 0.393 e. The Bertz CT molecular complexity index is 506. The fraction of sp³-hybridized carbons (Fsp3) is 0.533. The van der Waals surface area contributed by atoms with Crippen molar-refractivity contribution in [3.05, 3.63) is 29.3 Å². The van der Waals surface area contributed by atoms with Crippen LogP contribution < -0.4 is 4.90 Å². The van der Waals surface area contributed by atoms with Crippen LogP contribution in [0.5, 0.6) is 0 Å². The average Bonchev–Trinajstić information content (AvgIpc) is 2.92. The zero-order chi connectivity index (χ0) is 12.7. The van der Waals surface area contributed by atoms with Crippen molar-refractivity contribution >= 4 is 5.69 Å². The van der Waals surface area contributed by atoms with E-state index in [1.807, 2.05) is 19.1 Å². The molecular formula is C15H18N2O. The fourth-order valence-electron chi connectivity index (χ4n) is 3.45. The van der Waals surface area contributed by atoms with Gasteiger partial charge in [-0.25, -0.2) is 0 Å². The van der Waals surface area contributed by atoms with Crippen LogP contribution in [0.1, 0.15) is 24.0 Å². The van der Waals surface area contributed by atoms with E-state index in [2.05, 4.69) is 17.0 Å². The highest BCUT2D eigenvalue weighted by Gasteiger charge is 2.42. The van der Waals surface area contributed by atoms with Crippen LogP contribution >= 0.6 is 0 Å². The average molecular weight is 242 g/mol. The molecule has 1 aromatic rings. The van der Waals surface area contributed by atoms with E-state index in [0.29, 0.717) is 11.8 Å². The molecule has 3 heteroatoms. The summed E-state index contributed by atoms with van der Waals surface area (Å²) < 4.78 is 0. The number of fused-ring (bicyclic) bond motifs is 1. The third kappa shape index (κ3) is 1.77. The highest BCUT2D eigenvalue weighted by Crippen LogP contribution is 2.40. The van der Waals surface area contributed by atoms with Crippen molar-refractivity contribution in [3.8, 4) is 6.07 Å². The summed E-state index contributed by atoms with van der Waals surface area (Å²) in [4.78, 5) is 2.27. The van der Waals surface area contributed by atoms with E-state index >= 15 is 0 Å². The maximum atomic E-state index is 9.94. The third-order valence-electron chi connectivity index (χ3n) is 4.43. The highest BCUT2D eigenvalue weighted by molar-refractivity contribution is 5.61. The second kappa shape index (κ2) is 4.29. The maximum absolute atomic E-state index is 9.94. The SMILES string of the molecule is Cc1ccc(N2CC3CCC(O)C3C2)c(C#N)c1. The zero-order valence-corrected chi connectivity index (χ0v) is 10.6. The number of hydrogen-bond acceptors (Lipinski definition) is 3. The Balaban J connectivity index is 1.87. The standard InChI is InChI=1S/C15H18N2O/c1-10-2-4-14(12(6-10)7-16)17-8-11-3-5-15(18)13(11)9-17/h2,4,6,11,13,15,18H,3,5,8-9H2,1H3. The monoisotopic (exact) mass is 242 g/mol. The van der Waals surface area contributed by atoms with E-state index in [-0.39, 0.29) is 6.10 Å². The number of rotatable bonds is 1. The molecule has 3 nitrogen and oxygen atoms in total. The third-order valence-corrected chi connectivity index (χ3v) is 4.43. The minimum Gasteiger partial charge on any atom is -0.393 e. The molecule has 2 aliphatic rings. The van der Waals surface area contributed by atoms with Crippen LogP contribution in [0.3, 0.4) is 0 Å². The van der Waals surface area contributed by atoms with E-state index in [1.54, 1.807) is 0 Å². The molecule has 1 heterocycles. The number of nitrogens with zero attached hydrogens (tertiary/aromatic N) is 2. The predicted octanol–water partition coefficient (Wildman–Crippen LogP) is 2.07. The van der Waals surface area contributed by atoms with E-state index < -0.39 is 0 Å². The van der Waals surface area contributed by atoms with Gasteiger partial charge in [0, 0.05) is 19.0 Å². The first-order valence-electron chi connectivity index (χ1n) is 6.63. The van der Waals surface area contributed by atoms with Crippen molar-refractivity contribution in [2.45, 2.75) is 25.9 Å². The van der Waals surface area contributed by atoms with Gasteiger partial charge in [-0.3, -0.25) is 0 Å². The Morgan fingerprint density at radius 1 is 1.33 bits per heavy atom. The summed E-state index contributed by atoms with van der Waals surface area (Å²) in [7, 11) is 0. The van der Waals surface area contributed by atoms with Gasteiger partial charge in [-0.05, 0) is 43.4 Å². The number of nitriles is 1. The van der Waals surface area contributed by atoms with Crippen LogP contribution in [-0.4, -0.2) is 24.3 Å². The Hall–Kier alpha value is -1.53. The predicted molar refractivity (Wildman–Crippen MR) is 70.3 cm³/mol. The molecule has 1 saturated heterocycles. The van der Waals surface area contributed by atoms with Gasteiger partial charge in [-0.1, -0.05) is 6.07 Å². The molecule has 1 N–H and O–H groups in total. The van der Waals surface area contributed by atoms with Gasteiger partial charge in [0.05, 0.1) is 17.4 Å². The molecule has 0 amide bonds. The highest BCUT2D eigenvalue weighted by atomic mass is 16.3. The van der Waals surface area contributed by atoms with Crippen molar-refractivity contribution in [2.75, 3.05) is 18.0 Å². The molecule has 1 aromatic carbocycles. The van der Waals surface area contributed by atoms with Crippen LogP contribution in [0, 0.1) is 30.1 Å². The molecule has 94 valence electrons. The smallest absolute Gasteiger partial charge is 0.101 e. The lowest BCUT2D eigenvalue weighted by atomic mass is 10.00. The first kappa shape index (κ1) is 11.6. The van der Waals surface area contributed by atoms with Gasteiger partial charge in [0.25, 0.3) is 0 Å². The minimum atomic E-state index is -0.143. The lowest BCUT2D eigenvalue weighted by molar-refractivity contribution is 0.133. The van der Waals surface area contributed by atoms with Gasteiger partial charge in [0.15, 0.2) is 0 Å². The first-order valence-corrected chi connectivity index (χ1v) is 6.63. The zero-order valence-electron chi connectivity index (χ0n) is 10.6. The summed E-state index contributed by atoms with van der Waals surface area (Å²) in [6.45, 7) is 3.89. The number of aryl methyl sites for hydroxylation is 1. The topological polar surface area (TPSA) is 47.3 Å². The minimum absolute atomic E-state index is 0.143. The number of aliphatic hydroxyl groups is 1. The maximum Gasteiger partial charge on any atom is 0.101 e. The molecule has 2 fully saturated rings. The Morgan fingerprint density at radius 2 is 2.17 bits per heavy atom. The Morgan fingerprint density at radius 3 is 2.89 bits per heavy atom. The lowest BCUT2D eigenvalue weighted by Gasteiger charge is -2.21. The van der Waals surface area contributed by atoms with Crippen molar-refractivity contribution in [2.24, 2.45) is 11.8 Å². The number of benzene rings is 1. The summed E-state index contributed by atoms with van der Waals surface area (Å²) in [6.07, 6.45) is 1.93. The second-order valence-electron chi connectivity index (χ2n) is 5.61. The lowest BCUT2D eigenvalue weighted by Crippen LogP contribution is -2.25. The van der Waals surface area contributed by atoms with Crippen LogP contribution in [0.15, 0.2) is 18.2 Å². The van der Waals surface area contributed by atoms with Gasteiger partial charge in [-0.2, -0.15) is 5.26 Å². The van der Waals surface area contributed by atoms with Gasteiger partial charge >= 0.3 is 0 Å². The van der Waals surface area contributed by atoms with Crippen LogP contribution in [0.25, 0.3) is 0 Å². The summed E-state index contributed by atoms with van der Waals surface area (Å²) in [5.41, 5.74) is 2.91. The molecule has 0 aromatic heterocycles. The van der Waals surface area contributed by atoms with E-state index in [4.69, 9.17) is 0 Å². The second-order valence-corrected chi connectivity index (χ2v) is 5.61. The van der Waals surface area contributed by atoms with Gasteiger partial charge < -0.3 is 10.0 Å². The molecule has 1 saturated carbocycles. The van der Waals surface area contributed by atoms with Gasteiger partial charge in [0.1, 0.15) is 6.07 Å². The number of aliphatic hydroxyl groups excluding tert-OH is 1. The molecule has 3 unspecified atom stereocenters. The van der Waals surface area contributed by atoms with Crippen molar-refractivity contribution in [3.63, 3.8) is 0 Å². The molecule has 1 aliphatic carbocycles. The molecular weight excluding hydrogens is 224 g/mol. The number of anilines is 1. The molecule has 1 aliphatic heterocycles. The van der Waals surface area contributed by atoms with E-state index in [0.717, 1.165) is 42.7 Å². The van der Waals surface area contributed by atoms with Crippen molar-refractivity contribution < 1.29 is 5.11 Å². The van der Waals surface area contributed by atoms with Crippen LogP contribution in [-0.2, 0) is 0 Å². The van der Waals surface area contributed by atoms with E-state index in [9.17, 15) is 10.4 Å². The summed E-state index contributed by atoms with van der Waals surface area (Å²) in [5, 5.41) is 19.2. The van der Waals surface area contributed by atoms with Gasteiger partial charge in [0.2, 0.25) is 0 Å². The molecule has 3 atom stereocenters. The quantitative estimate of drug-likeness (QED) is 0.820. The Kier molecular flexibility index (Phi) is 2.76.